The molecule has 1 aromatic rings. The van der Waals surface area contributed by atoms with Gasteiger partial charge in [-0.1, -0.05) is 49.6 Å². The van der Waals surface area contributed by atoms with Gasteiger partial charge in [-0.15, -0.1) is 6.42 Å². The van der Waals surface area contributed by atoms with Gasteiger partial charge in [0.1, 0.15) is 12.2 Å². The Morgan fingerprint density at radius 1 is 1.27 bits per heavy atom. The number of piperazine rings is 1. The Kier molecular flexibility index (Phi) is 9.03. The lowest BCUT2D eigenvalue weighted by atomic mass is 10.0. The molecule has 0 aliphatic carbocycles. The molecule has 3 rings (SSSR count). The first-order chi connectivity index (χ1) is 16.0. The molecule has 4 amide bonds. The molecular formula is C24H33N5O3S. The van der Waals surface area contributed by atoms with Gasteiger partial charge >= 0.3 is 6.03 Å². The number of hydrazine groups is 1. The first-order valence-electron chi connectivity index (χ1n) is 11.4. The molecule has 33 heavy (non-hydrogen) atoms. The third kappa shape index (κ3) is 5.81. The second-order valence-corrected chi connectivity index (χ2v) is 9.22. The van der Waals surface area contributed by atoms with Gasteiger partial charge in [-0.25, -0.2) is 9.80 Å². The van der Waals surface area contributed by atoms with E-state index in [1.165, 1.54) is 0 Å². The van der Waals surface area contributed by atoms with E-state index in [4.69, 9.17) is 6.42 Å². The summed E-state index contributed by atoms with van der Waals surface area (Å²) in [5.74, 6) is 3.11. The third-order valence-electron chi connectivity index (χ3n) is 5.98. The number of thioether (sulfide) groups is 1. The van der Waals surface area contributed by atoms with Gasteiger partial charge in [0.05, 0.1) is 19.6 Å². The third-order valence-corrected chi connectivity index (χ3v) is 6.62. The van der Waals surface area contributed by atoms with E-state index in [9.17, 15) is 14.4 Å². The molecule has 2 aliphatic heterocycles. The van der Waals surface area contributed by atoms with E-state index >= 15 is 0 Å². The topological polar surface area (TPSA) is 76.2 Å². The van der Waals surface area contributed by atoms with Crippen molar-refractivity contribution in [3.63, 3.8) is 0 Å². The molecule has 0 radical (unpaired) electrons. The summed E-state index contributed by atoms with van der Waals surface area (Å²) in [7, 11) is 0. The fourth-order valence-electron chi connectivity index (χ4n) is 4.35. The first kappa shape index (κ1) is 24.9. The lowest BCUT2D eigenvalue weighted by Gasteiger charge is -2.55. The number of carbonyl (C=O) groups excluding carboxylic acids is 3. The van der Waals surface area contributed by atoms with E-state index in [1.54, 1.807) is 31.6 Å². The second-order valence-electron chi connectivity index (χ2n) is 8.23. The van der Waals surface area contributed by atoms with Crippen LogP contribution in [0.5, 0.6) is 0 Å². The number of amides is 4. The summed E-state index contributed by atoms with van der Waals surface area (Å²) in [6, 6.07) is 8.74. The molecule has 2 fully saturated rings. The molecule has 0 spiro atoms. The summed E-state index contributed by atoms with van der Waals surface area (Å²) in [5.41, 5.74) is 0.973. The smallest absolute Gasteiger partial charge is 0.334 e. The van der Waals surface area contributed by atoms with Crippen molar-refractivity contribution in [1.82, 2.24) is 25.1 Å². The fourth-order valence-corrected chi connectivity index (χ4v) is 4.81. The maximum absolute atomic E-state index is 13.4. The molecule has 0 bridgehead atoms. The van der Waals surface area contributed by atoms with Gasteiger partial charge < -0.3 is 15.1 Å². The molecule has 1 aromatic carbocycles. The maximum Gasteiger partial charge on any atom is 0.334 e. The molecule has 2 atom stereocenters. The average Bonchev–Trinajstić information content (AvgIpc) is 2.82. The van der Waals surface area contributed by atoms with Crippen molar-refractivity contribution in [1.29, 1.82) is 0 Å². The largest absolute Gasteiger partial charge is 0.337 e. The van der Waals surface area contributed by atoms with E-state index < -0.39 is 12.2 Å². The Bertz CT molecular complexity index is 875. The zero-order chi connectivity index (χ0) is 23.8. The van der Waals surface area contributed by atoms with E-state index in [0.717, 1.165) is 24.2 Å². The Morgan fingerprint density at radius 2 is 2.03 bits per heavy atom. The van der Waals surface area contributed by atoms with Crippen molar-refractivity contribution < 1.29 is 14.4 Å². The van der Waals surface area contributed by atoms with Crippen LogP contribution in [0.25, 0.3) is 0 Å². The van der Waals surface area contributed by atoms with Crippen LogP contribution in [0.3, 0.4) is 0 Å². The van der Waals surface area contributed by atoms with Crippen LogP contribution in [0.1, 0.15) is 31.7 Å². The van der Waals surface area contributed by atoms with E-state index in [-0.39, 0.29) is 37.5 Å². The Morgan fingerprint density at radius 3 is 2.70 bits per heavy atom. The van der Waals surface area contributed by atoms with Crippen LogP contribution < -0.4 is 5.32 Å². The molecule has 2 heterocycles. The van der Waals surface area contributed by atoms with Crippen molar-refractivity contribution in [3.05, 3.63) is 35.9 Å². The van der Waals surface area contributed by atoms with Crippen LogP contribution in [0, 0.1) is 12.3 Å². The number of nitrogens with one attached hydrogen (secondary N) is 1. The molecule has 0 unspecified atom stereocenters. The highest BCUT2D eigenvalue weighted by Gasteiger charge is 2.50. The SMILES string of the molecule is C#CCN1CC(=O)N2[C@@H](CCSC)C(=O)N(CCCC)C[C@@H]2N1C(=O)NCc1ccccc1. The highest BCUT2D eigenvalue weighted by atomic mass is 32.2. The van der Waals surface area contributed by atoms with Gasteiger partial charge in [0, 0.05) is 13.1 Å². The fraction of sp³-hybridized carbons (Fsp3) is 0.542. The number of terminal acetylenes is 1. The van der Waals surface area contributed by atoms with Gasteiger partial charge in [-0.2, -0.15) is 16.8 Å². The number of rotatable bonds is 9. The summed E-state index contributed by atoms with van der Waals surface area (Å²) in [6.45, 7) is 3.42. The number of fused-ring (bicyclic) bond motifs is 1. The highest BCUT2D eigenvalue weighted by Crippen LogP contribution is 2.28. The van der Waals surface area contributed by atoms with Crippen molar-refractivity contribution in [2.45, 2.75) is 44.9 Å². The monoisotopic (exact) mass is 471 g/mol. The molecule has 8 nitrogen and oxygen atoms in total. The summed E-state index contributed by atoms with van der Waals surface area (Å²) in [5, 5.41) is 6.13. The van der Waals surface area contributed by atoms with Crippen molar-refractivity contribution in [2.75, 3.05) is 38.2 Å². The van der Waals surface area contributed by atoms with Crippen molar-refractivity contribution >= 4 is 29.6 Å². The van der Waals surface area contributed by atoms with E-state index in [2.05, 4.69) is 18.2 Å². The van der Waals surface area contributed by atoms with Gasteiger partial charge in [0.15, 0.2) is 0 Å². The lowest BCUT2D eigenvalue weighted by Crippen LogP contribution is -2.76. The number of hydrogen-bond donors (Lipinski definition) is 1. The first-order valence-corrected chi connectivity index (χ1v) is 12.8. The van der Waals surface area contributed by atoms with E-state index in [0.29, 0.717) is 19.5 Å². The predicted octanol–water partition coefficient (Wildman–Crippen LogP) is 1.98. The Balaban J connectivity index is 1.89. The number of hydrogen-bond acceptors (Lipinski definition) is 5. The van der Waals surface area contributed by atoms with Crippen LogP contribution in [-0.4, -0.2) is 88.1 Å². The summed E-state index contributed by atoms with van der Waals surface area (Å²) in [6.07, 6.45) is 9.34. The predicted molar refractivity (Wildman–Crippen MR) is 130 cm³/mol. The van der Waals surface area contributed by atoms with Gasteiger partial charge in [0.2, 0.25) is 11.8 Å². The number of nitrogens with zero attached hydrogens (tertiary/aromatic N) is 4. The molecule has 178 valence electrons. The molecule has 0 saturated carbocycles. The highest BCUT2D eigenvalue weighted by molar-refractivity contribution is 7.98. The number of unbranched alkanes of at least 4 members (excludes halogenated alkanes) is 1. The molecule has 2 aliphatic rings. The number of carbonyl (C=O) groups is 3. The maximum atomic E-state index is 13.4. The van der Waals surface area contributed by atoms with Gasteiger partial charge in [0.25, 0.3) is 0 Å². The van der Waals surface area contributed by atoms with Crippen LogP contribution in [0.4, 0.5) is 4.79 Å². The standard InChI is InChI=1S/C24H33N5O3S/c1-4-6-14-26-17-21-28(20(23(26)31)12-15-33-3)22(30)18-27(13-5-2)29(21)24(32)25-16-19-10-8-7-9-11-19/h2,7-11,20-21H,4,6,12-18H2,1,3H3,(H,25,32)/t20-,21-/m0/s1. The minimum atomic E-state index is -0.586. The van der Waals surface area contributed by atoms with Crippen LogP contribution >= 0.6 is 11.8 Å². The van der Waals surface area contributed by atoms with Gasteiger partial charge in [-0.05, 0) is 30.4 Å². The van der Waals surface area contributed by atoms with Crippen molar-refractivity contribution in [3.8, 4) is 12.3 Å². The minimum absolute atomic E-state index is 0.0303. The lowest BCUT2D eigenvalue weighted by molar-refractivity contribution is -0.188. The molecule has 0 aromatic heterocycles. The second kappa shape index (κ2) is 12.0. The summed E-state index contributed by atoms with van der Waals surface area (Å²) < 4.78 is 0. The average molecular weight is 472 g/mol. The zero-order valence-electron chi connectivity index (χ0n) is 19.4. The summed E-state index contributed by atoms with van der Waals surface area (Å²) >= 11 is 1.64. The Hall–Kier alpha value is -2.70. The van der Waals surface area contributed by atoms with Crippen LogP contribution in [0.2, 0.25) is 0 Å². The normalized spacial score (nSPS) is 21.1. The van der Waals surface area contributed by atoms with Gasteiger partial charge in [-0.3, -0.25) is 9.59 Å². The number of urea groups is 1. The molecule has 2 saturated heterocycles. The molecule has 9 heteroatoms. The van der Waals surface area contributed by atoms with Crippen LogP contribution in [-0.2, 0) is 16.1 Å². The number of benzene rings is 1. The van der Waals surface area contributed by atoms with Crippen LogP contribution in [0.15, 0.2) is 30.3 Å². The molecule has 1 N–H and O–H groups in total. The Labute approximate surface area is 200 Å². The quantitative estimate of drug-likeness (QED) is 0.558. The van der Waals surface area contributed by atoms with E-state index in [1.807, 2.05) is 36.6 Å². The zero-order valence-corrected chi connectivity index (χ0v) is 20.2. The summed E-state index contributed by atoms with van der Waals surface area (Å²) in [4.78, 5) is 43.3. The van der Waals surface area contributed by atoms with Crippen molar-refractivity contribution in [2.24, 2.45) is 0 Å². The molecular weight excluding hydrogens is 438 g/mol. The minimum Gasteiger partial charge on any atom is -0.337 e.